The molecule has 1 rings (SSSR count). The molecule has 0 atom stereocenters. The Morgan fingerprint density at radius 2 is 2.05 bits per heavy atom. The summed E-state index contributed by atoms with van der Waals surface area (Å²) < 4.78 is 11.0. The van der Waals surface area contributed by atoms with Crippen molar-refractivity contribution in [2.75, 3.05) is 53.6 Å². The van der Waals surface area contributed by atoms with E-state index in [1.54, 1.807) is 0 Å². The average Bonchev–Trinajstić information content (AvgIpc) is 3.27. The number of unbranched alkanes of at least 4 members (excludes halogenated alkanes) is 1. The van der Waals surface area contributed by atoms with E-state index in [2.05, 4.69) is 22.3 Å². The molecule has 20 heavy (non-hydrogen) atoms. The van der Waals surface area contributed by atoms with Crippen LogP contribution in [0.4, 0.5) is 0 Å². The normalized spacial score (nSPS) is 15.4. The maximum absolute atomic E-state index is 5.65. The quantitative estimate of drug-likeness (QED) is 0.357. The summed E-state index contributed by atoms with van der Waals surface area (Å²) in [7, 11) is 3.88. The van der Waals surface area contributed by atoms with Gasteiger partial charge in [-0.2, -0.15) is 0 Å². The molecule has 0 saturated heterocycles. The Morgan fingerprint density at radius 3 is 2.70 bits per heavy atom. The van der Waals surface area contributed by atoms with E-state index in [1.807, 2.05) is 14.0 Å². The maximum Gasteiger partial charge on any atom is 0.193 e. The molecule has 1 aliphatic carbocycles. The van der Waals surface area contributed by atoms with Gasteiger partial charge in [-0.25, -0.2) is 0 Å². The maximum atomic E-state index is 5.65. The monoisotopic (exact) mass is 285 g/mol. The van der Waals surface area contributed by atoms with Gasteiger partial charge in [-0.3, -0.25) is 4.99 Å². The summed E-state index contributed by atoms with van der Waals surface area (Å²) >= 11 is 0. The molecular weight excluding hydrogens is 254 g/mol. The minimum absolute atomic E-state index is 0.776. The van der Waals surface area contributed by atoms with Crippen LogP contribution in [0.3, 0.4) is 0 Å². The zero-order chi connectivity index (χ0) is 14.6. The van der Waals surface area contributed by atoms with E-state index in [1.165, 1.54) is 12.8 Å². The first-order valence-corrected chi connectivity index (χ1v) is 7.85. The van der Waals surface area contributed by atoms with Gasteiger partial charge in [-0.05, 0) is 38.5 Å². The molecule has 118 valence electrons. The molecule has 5 heteroatoms. The van der Waals surface area contributed by atoms with E-state index < -0.39 is 0 Å². The van der Waals surface area contributed by atoms with Crippen molar-refractivity contribution in [2.24, 2.45) is 10.9 Å². The van der Waals surface area contributed by atoms with Crippen molar-refractivity contribution >= 4 is 5.96 Å². The highest BCUT2D eigenvalue weighted by Crippen LogP contribution is 2.28. The van der Waals surface area contributed by atoms with Gasteiger partial charge in [0.2, 0.25) is 0 Å². The third kappa shape index (κ3) is 8.38. The van der Waals surface area contributed by atoms with Crippen LogP contribution in [-0.4, -0.2) is 64.5 Å². The molecule has 0 aliphatic heterocycles. The second-order valence-corrected chi connectivity index (χ2v) is 5.32. The van der Waals surface area contributed by atoms with Crippen LogP contribution in [0.2, 0.25) is 0 Å². The van der Waals surface area contributed by atoms with E-state index in [0.29, 0.717) is 0 Å². The molecule has 1 N–H and O–H groups in total. The van der Waals surface area contributed by atoms with Crippen molar-refractivity contribution in [1.82, 2.24) is 10.2 Å². The van der Waals surface area contributed by atoms with Gasteiger partial charge in [0.05, 0.1) is 6.61 Å². The number of guanidine groups is 1. The molecule has 1 saturated carbocycles. The predicted molar refractivity (Wildman–Crippen MR) is 83.3 cm³/mol. The molecule has 0 spiro atoms. The first kappa shape index (κ1) is 17.2. The molecular formula is C15H31N3O2. The number of hydrogen-bond donors (Lipinski definition) is 1. The van der Waals surface area contributed by atoms with Gasteiger partial charge >= 0.3 is 0 Å². The van der Waals surface area contributed by atoms with Crippen molar-refractivity contribution < 1.29 is 9.47 Å². The van der Waals surface area contributed by atoms with Gasteiger partial charge in [-0.1, -0.05) is 0 Å². The fourth-order valence-corrected chi connectivity index (χ4v) is 1.90. The fourth-order valence-electron chi connectivity index (χ4n) is 1.90. The summed E-state index contributed by atoms with van der Waals surface area (Å²) in [5, 5.41) is 3.37. The molecule has 0 heterocycles. The summed E-state index contributed by atoms with van der Waals surface area (Å²) in [6.07, 6.45) is 4.89. The Morgan fingerprint density at radius 1 is 1.25 bits per heavy atom. The summed E-state index contributed by atoms with van der Waals surface area (Å²) in [6.45, 7) is 7.20. The Hall–Kier alpha value is -0.810. The van der Waals surface area contributed by atoms with E-state index >= 15 is 0 Å². The number of ether oxygens (including phenoxy) is 2. The largest absolute Gasteiger partial charge is 0.382 e. The Balaban J connectivity index is 2.00. The molecule has 0 aromatic heterocycles. The molecule has 0 aromatic carbocycles. The second kappa shape index (κ2) is 10.9. The van der Waals surface area contributed by atoms with Crippen LogP contribution in [0, 0.1) is 5.92 Å². The van der Waals surface area contributed by atoms with Crippen molar-refractivity contribution in [3.05, 3.63) is 0 Å². The second-order valence-electron chi connectivity index (χ2n) is 5.32. The molecule has 0 bridgehead atoms. The molecule has 5 nitrogen and oxygen atoms in total. The lowest BCUT2D eigenvalue weighted by Crippen LogP contribution is -2.41. The molecule has 0 radical (unpaired) electrons. The standard InChI is InChI=1S/C15H31N3O2/c1-4-19-11-6-5-9-17-15(16-2)18(3)10-12-20-13-14-7-8-14/h14H,4-13H2,1-3H3,(H,16,17). The number of nitrogens with zero attached hydrogens (tertiary/aromatic N) is 2. The number of nitrogens with one attached hydrogen (secondary N) is 1. The zero-order valence-electron chi connectivity index (χ0n) is 13.4. The van der Waals surface area contributed by atoms with Gasteiger partial charge < -0.3 is 19.7 Å². The summed E-state index contributed by atoms with van der Waals surface area (Å²) in [4.78, 5) is 6.41. The minimum Gasteiger partial charge on any atom is -0.382 e. The van der Waals surface area contributed by atoms with Crippen molar-refractivity contribution in [3.8, 4) is 0 Å². The SMILES string of the molecule is CCOCCCCNC(=NC)N(C)CCOCC1CC1. The molecule has 0 aromatic rings. The fraction of sp³-hybridized carbons (Fsp3) is 0.933. The third-order valence-electron chi connectivity index (χ3n) is 3.40. The lowest BCUT2D eigenvalue weighted by atomic mass is 10.3. The molecule has 0 amide bonds. The number of aliphatic imine (C=N–C) groups is 1. The number of likely N-dealkylation sites (N-methyl/N-ethyl adjacent to an activating group) is 1. The Kier molecular flexibility index (Phi) is 9.41. The highest BCUT2D eigenvalue weighted by Gasteiger charge is 2.21. The van der Waals surface area contributed by atoms with Crippen LogP contribution >= 0.6 is 0 Å². The van der Waals surface area contributed by atoms with Gasteiger partial charge in [0.25, 0.3) is 0 Å². The van der Waals surface area contributed by atoms with Crippen molar-refractivity contribution in [2.45, 2.75) is 32.6 Å². The number of rotatable bonds is 11. The van der Waals surface area contributed by atoms with Crippen LogP contribution < -0.4 is 5.32 Å². The van der Waals surface area contributed by atoms with Gasteiger partial charge in [-0.15, -0.1) is 0 Å². The third-order valence-corrected chi connectivity index (χ3v) is 3.40. The van der Waals surface area contributed by atoms with E-state index in [0.717, 1.165) is 64.2 Å². The Bertz CT molecular complexity index is 268. The Labute approximate surface area is 123 Å². The highest BCUT2D eigenvalue weighted by molar-refractivity contribution is 5.79. The highest BCUT2D eigenvalue weighted by atomic mass is 16.5. The van der Waals surface area contributed by atoms with Gasteiger partial charge in [0, 0.05) is 47.0 Å². The van der Waals surface area contributed by atoms with Gasteiger partial charge in [0.1, 0.15) is 0 Å². The predicted octanol–water partition coefficient (Wildman–Crippen LogP) is 1.74. The molecule has 1 fully saturated rings. The van der Waals surface area contributed by atoms with Crippen molar-refractivity contribution in [3.63, 3.8) is 0 Å². The van der Waals surface area contributed by atoms with Crippen LogP contribution in [0.1, 0.15) is 32.6 Å². The lowest BCUT2D eigenvalue weighted by molar-refractivity contribution is 0.115. The summed E-state index contributed by atoms with van der Waals surface area (Å²) in [5.74, 6) is 1.78. The number of hydrogen-bond acceptors (Lipinski definition) is 3. The minimum atomic E-state index is 0.776. The first-order valence-electron chi connectivity index (χ1n) is 7.85. The van der Waals surface area contributed by atoms with Gasteiger partial charge in [0.15, 0.2) is 5.96 Å². The van der Waals surface area contributed by atoms with Crippen molar-refractivity contribution in [1.29, 1.82) is 0 Å². The van der Waals surface area contributed by atoms with E-state index in [9.17, 15) is 0 Å². The van der Waals surface area contributed by atoms with E-state index in [4.69, 9.17) is 9.47 Å². The summed E-state index contributed by atoms with van der Waals surface area (Å²) in [5.41, 5.74) is 0. The topological polar surface area (TPSA) is 46.1 Å². The van der Waals surface area contributed by atoms with Crippen LogP contribution in [0.15, 0.2) is 4.99 Å². The summed E-state index contributed by atoms with van der Waals surface area (Å²) in [6, 6.07) is 0. The lowest BCUT2D eigenvalue weighted by Gasteiger charge is -2.22. The average molecular weight is 285 g/mol. The molecule has 0 unspecified atom stereocenters. The van der Waals surface area contributed by atoms with Crippen LogP contribution in [-0.2, 0) is 9.47 Å². The van der Waals surface area contributed by atoms with E-state index in [-0.39, 0.29) is 0 Å². The first-order chi connectivity index (χ1) is 9.77. The van der Waals surface area contributed by atoms with Crippen LogP contribution in [0.5, 0.6) is 0 Å². The zero-order valence-corrected chi connectivity index (χ0v) is 13.4. The van der Waals surface area contributed by atoms with Crippen LogP contribution in [0.25, 0.3) is 0 Å². The smallest absolute Gasteiger partial charge is 0.193 e. The molecule has 1 aliphatic rings.